The Labute approximate surface area is 160 Å². The predicted molar refractivity (Wildman–Crippen MR) is 107 cm³/mol. The van der Waals surface area contributed by atoms with Gasteiger partial charge in [0, 0.05) is 17.8 Å². The molecular formula is C22H25N3O2. The minimum absolute atomic E-state index is 0.112. The lowest BCUT2D eigenvalue weighted by Crippen LogP contribution is -2.32. The summed E-state index contributed by atoms with van der Waals surface area (Å²) >= 11 is 0. The standard InChI is InChI=1S/C22H25N3O2/c1-4-9-16(2)23-22(26)20-15-25(18-11-6-5-7-12-18)24-21(20)17-10-8-13-19(14-17)27-3/h5-8,10-16H,4,9H2,1-3H3,(H,23,26). The predicted octanol–water partition coefficient (Wildman–Crippen LogP) is 4.47. The average molecular weight is 363 g/mol. The van der Waals surface area contributed by atoms with Crippen LogP contribution in [-0.4, -0.2) is 28.8 Å². The fourth-order valence-corrected chi connectivity index (χ4v) is 3.04. The number of nitrogens with zero attached hydrogens (tertiary/aromatic N) is 2. The number of para-hydroxylation sites is 1. The number of rotatable bonds is 7. The summed E-state index contributed by atoms with van der Waals surface area (Å²) in [7, 11) is 1.63. The first-order chi connectivity index (χ1) is 13.1. The number of hydrogen-bond acceptors (Lipinski definition) is 3. The number of carbonyl (C=O) groups is 1. The molecule has 1 aromatic heterocycles. The molecule has 1 atom stereocenters. The zero-order valence-corrected chi connectivity index (χ0v) is 16.0. The molecule has 3 aromatic rings. The molecule has 1 amide bonds. The monoisotopic (exact) mass is 363 g/mol. The fraction of sp³-hybridized carbons (Fsp3) is 0.273. The number of carbonyl (C=O) groups excluding carboxylic acids is 1. The second-order valence-electron chi connectivity index (χ2n) is 6.57. The van der Waals surface area contributed by atoms with Gasteiger partial charge in [0.2, 0.25) is 0 Å². The van der Waals surface area contributed by atoms with Crippen LogP contribution in [-0.2, 0) is 0 Å². The Morgan fingerprint density at radius 1 is 1.19 bits per heavy atom. The van der Waals surface area contributed by atoms with Gasteiger partial charge in [-0.2, -0.15) is 5.10 Å². The summed E-state index contributed by atoms with van der Waals surface area (Å²) in [6, 6.07) is 17.5. The minimum Gasteiger partial charge on any atom is -0.497 e. The topological polar surface area (TPSA) is 56.2 Å². The number of benzene rings is 2. The van der Waals surface area contributed by atoms with Gasteiger partial charge >= 0.3 is 0 Å². The average Bonchev–Trinajstić information content (AvgIpc) is 3.14. The van der Waals surface area contributed by atoms with Gasteiger partial charge in [-0.1, -0.05) is 43.7 Å². The van der Waals surface area contributed by atoms with Crippen molar-refractivity contribution in [3.8, 4) is 22.7 Å². The van der Waals surface area contributed by atoms with Gasteiger partial charge in [0.1, 0.15) is 11.4 Å². The molecule has 0 saturated carbocycles. The van der Waals surface area contributed by atoms with Crippen LogP contribution in [0.15, 0.2) is 60.8 Å². The number of amides is 1. The molecule has 0 fully saturated rings. The Morgan fingerprint density at radius 2 is 1.96 bits per heavy atom. The second kappa shape index (κ2) is 8.54. The van der Waals surface area contributed by atoms with Crippen molar-refractivity contribution in [2.24, 2.45) is 0 Å². The molecule has 0 aliphatic heterocycles. The molecule has 1 heterocycles. The molecule has 0 aliphatic rings. The van der Waals surface area contributed by atoms with Crippen molar-refractivity contribution in [1.82, 2.24) is 15.1 Å². The highest BCUT2D eigenvalue weighted by molar-refractivity contribution is 6.00. The first-order valence-corrected chi connectivity index (χ1v) is 9.22. The molecular weight excluding hydrogens is 338 g/mol. The molecule has 0 radical (unpaired) electrons. The molecule has 5 heteroatoms. The third-order valence-corrected chi connectivity index (χ3v) is 4.42. The summed E-state index contributed by atoms with van der Waals surface area (Å²) in [5.74, 6) is 0.614. The summed E-state index contributed by atoms with van der Waals surface area (Å²) in [6.07, 6.45) is 3.75. The van der Waals surface area contributed by atoms with E-state index in [0.717, 1.165) is 29.8 Å². The molecule has 5 nitrogen and oxygen atoms in total. The fourth-order valence-electron chi connectivity index (χ4n) is 3.04. The van der Waals surface area contributed by atoms with Gasteiger partial charge in [-0.25, -0.2) is 4.68 Å². The molecule has 0 bridgehead atoms. The van der Waals surface area contributed by atoms with Gasteiger partial charge in [0.25, 0.3) is 5.91 Å². The first-order valence-electron chi connectivity index (χ1n) is 9.22. The number of nitrogens with one attached hydrogen (secondary N) is 1. The van der Waals surface area contributed by atoms with Gasteiger partial charge in [0.05, 0.1) is 18.4 Å². The van der Waals surface area contributed by atoms with Crippen LogP contribution in [0.3, 0.4) is 0 Å². The van der Waals surface area contributed by atoms with Crippen LogP contribution >= 0.6 is 0 Å². The smallest absolute Gasteiger partial charge is 0.255 e. The van der Waals surface area contributed by atoms with Crippen LogP contribution < -0.4 is 10.1 Å². The van der Waals surface area contributed by atoms with Gasteiger partial charge in [-0.3, -0.25) is 4.79 Å². The van der Waals surface area contributed by atoms with E-state index in [1.165, 1.54) is 0 Å². The van der Waals surface area contributed by atoms with Crippen molar-refractivity contribution in [2.45, 2.75) is 32.7 Å². The van der Waals surface area contributed by atoms with Gasteiger partial charge < -0.3 is 10.1 Å². The third-order valence-electron chi connectivity index (χ3n) is 4.42. The van der Waals surface area contributed by atoms with Crippen LogP contribution in [0.2, 0.25) is 0 Å². The molecule has 27 heavy (non-hydrogen) atoms. The van der Waals surface area contributed by atoms with Gasteiger partial charge in [-0.05, 0) is 37.6 Å². The Morgan fingerprint density at radius 3 is 2.67 bits per heavy atom. The molecule has 3 rings (SSSR count). The maximum absolute atomic E-state index is 12.9. The van der Waals surface area contributed by atoms with Gasteiger partial charge in [0.15, 0.2) is 0 Å². The summed E-state index contributed by atoms with van der Waals surface area (Å²) < 4.78 is 7.07. The third kappa shape index (κ3) is 4.37. The maximum atomic E-state index is 12.9. The van der Waals surface area contributed by atoms with E-state index < -0.39 is 0 Å². The maximum Gasteiger partial charge on any atom is 0.255 e. The molecule has 140 valence electrons. The number of ether oxygens (including phenoxy) is 1. The molecule has 0 spiro atoms. The summed E-state index contributed by atoms with van der Waals surface area (Å²) in [5.41, 5.74) is 2.94. The number of hydrogen-bond donors (Lipinski definition) is 1. The Balaban J connectivity index is 2.04. The van der Waals surface area contributed by atoms with Crippen molar-refractivity contribution in [2.75, 3.05) is 7.11 Å². The van der Waals surface area contributed by atoms with E-state index in [-0.39, 0.29) is 11.9 Å². The van der Waals surface area contributed by atoms with E-state index in [2.05, 4.69) is 12.2 Å². The Bertz CT molecular complexity index is 903. The molecule has 0 aliphatic carbocycles. The molecule has 1 N–H and O–H groups in total. The lowest BCUT2D eigenvalue weighted by atomic mass is 10.1. The first kappa shape index (κ1) is 18.7. The number of aromatic nitrogens is 2. The van der Waals surface area contributed by atoms with Crippen LogP contribution in [0.25, 0.3) is 16.9 Å². The van der Waals surface area contributed by atoms with E-state index in [9.17, 15) is 4.79 Å². The summed E-state index contributed by atoms with van der Waals surface area (Å²) in [5, 5.41) is 7.78. The van der Waals surface area contributed by atoms with E-state index in [0.29, 0.717) is 11.3 Å². The summed E-state index contributed by atoms with van der Waals surface area (Å²) in [4.78, 5) is 12.9. The van der Waals surface area contributed by atoms with E-state index in [4.69, 9.17) is 9.84 Å². The highest BCUT2D eigenvalue weighted by Gasteiger charge is 2.20. The van der Waals surface area contributed by atoms with E-state index in [1.807, 2.05) is 61.5 Å². The SMILES string of the molecule is CCCC(C)NC(=O)c1cn(-c2ccccc2)nc1-c1cccc(OC)c1. The van der Waals surface area contributed by atoms with Crippen molar-refractivity contribution < 1.29 is 9.53 Å². The zero-order valence-electron chi connectivity index (χ0n) is 16.0. The highest BCUT2D eigenvalue weighted by atomic mass is 16.5. The van der Waals surface area contributed by atoms with Crippen LogP contribution in [0.5, 0.6) is 5.75 Å². The van der Waals surface area contributed by atoms with Crippen molar-refractivity contribution in [3.63, 3.8) is 0 Å². The van der Waals surface area contributed by atoms with Crippen LogP contribution in [0, 0.1) is 0 Å². The van der Waals surface area contributed by atoms with Crippen molar-refractivity contribution >= 4 is 5.91 Å². The minimum atomic E-state index is -0.115. The lowest BCUT2D eigenvalue weighted by molar-refractivity contribution is 0.0939. The molecule has 0 saturated heterocycles. The quantitative estimate of drug-likeness (QED) is 0.674. The van der Waals surface area contributed by atoms with Gasteiger partial charge in [-0.15, -0.1) is 0 Å². The largest absolute Gasteiger partial charge is 0.497 e. The molecule has 2 aromatic carbocycles. The van der Waals surface area contributed by atoms with Crippen LogP contribution in [0.1, 0.15) is 37.0 Å². The zero-order chi connectivity index (χ0) is 19.2. The second-order valence-corrected chi connectivity index (χ2v) is 6.57. The molecule has 1 unspecified atom stereocenters. The van der Waals surface area contributed by atoms with Crippen molar-refractivity contribution in [1.29, 1.82) is 0 Å². The van der Waals surface area contributed by atoms with E-state index >= 15 is 0 Å². The number of methoxy groups -OCH3 is 1. The summed E-state index contributed by atoms with van der Waals surface area (Å²) in [6.45, 7) is 4.13. The Hall–Kier alpha value is -3.08. The lowest BCUT2D eigenvalue weighted by Gasteiger charge is -2.12. The van der Waals surface area contributed by atoms with Crippen molar-refractivity contribution in [3.05, 3.63) is 66.4 Å². The van der Waals surface area contributed by atoms with Crippen LogP contribution in [0.4, 0.5) is 0 Å². The normalized spacial score (nSPS) is 11.8. The van der Waals surface area contributed by atoms with E-state index in [1.54, 1.807) is 18.0 Å². The highest BCUT2D eigenvalue weighted by Crippen LogP contribution is 2.27. The Kier molecular flexibility index (Phi) is 5.91.